The van der Waals surface area contributed by atoms with Crippen molar-refractivity contribution >= 4 is 16.9 Å². The number of benzene rings is 2. The predicted molar refractivity (Wildman–Crippen MR) is 102 cm³/mol. The van der Waals surface area contributed by atoms with Crippen molar-refractivity contribution in [1.82, 2.24) is 4.90 Å². The van der Waals surface area contributed by atoms with Gasteiger partial charge in [-0.05, 0) is 67.4 Å². The Morgan fingerprint density at radius 1 is 1.19 bits per heavy atom. The van der Waals surface area contributed by atoms with E-state index in [1.807, 2.05) is 26.0 Å². The molecule has 1 unspecified atom stereocenters. The van der Waals surface area contributed by atoms with Gasteiger partial charge >= 0.3 is 5.63 Å². The summed E-state index contributed by atoms with van der Waals surface area (Å²) in [6.07, 6.45) is 0. The molecule has 2 N–H and O–H groups in total. The Balaban J connectivity index is 2.03. The van der Waals surface area contributed by atoms with Gasteiger partial charge in [0.25, 0.3) is 0 Å². The average molecular weight is 368 g/mol. The zero-order chi connectivity index (χ0) is 19.7. The van der Waals surface area contributed by atoms with Gasteiger partial charge in [-0.2, -0.15) is 0 Å². The lowest BCUT2D eigenvalue weighted by Gasteiger charge is -2.26. The molecule has 0 aliphatic rings. The summed E-state index contributed by atoms with van der Waals surface area (Å²) in [7, 11) is 1.71. The van der Waals surface area contributed by atoms with Crippen molar-refractivity contribution in [3.8, 4) is 0 Å². The monoisotopic (exact) mass is 368 g/mol. The molecule has 0 saturated carbocycles. The fraction of sp³-hybridized carbons (Fsp3) is 0.238. The molecule has 140 valence electrons. The molecule has 0 radical (unpaired) electrons. The number of nitrogens with two attached hydrogens (primary N) is 1. The van der Waals surface area contributed by atoms with E-state index < -0.39 is 23.4 Å². The standard InChI is InChI=1S/C21H21FN2O3/c1-12-7-17-15(10-19(25)27-18(17)8-13(12)2)11-24(3)20(21(23)26)14-5-4-6-16(22)9-14/h4-10,20H,11H2,1-3H3,(H2,23,26). The second-order valence-electron chi connectivity index (χ2n) is 6.80. The summed E-state index contributed by atoms with van der Waals surface area (Å²) < 4.78 is 18.9. The summed E-state index contributed by atoms with van der Waals surface area (Å²) in [6.45, 7) is 4.20. The lowest BCUT2D eigenvalue weighted by atomic mass is 10.0. The lowest BCUT2D eigenvalue weighted by Crippen LogP contribution is -2.35. The zero-order valence-corrected chi connectivity index (χ0v) is 15.5. The molecule has 3 rings (SSSR count). The van der Waals surface area contributed by atoms with Crippen LogP contribution < -0.4 is 11.4 Å². The summed E-state index contributed by atoms with van der Waals surface area (Å²) in [4.78, 5) is 25.7. The van der Waals surface area contributed by atoms with Gasteiger partial charge in [0.2, 0.25) is 5.91 Å². The number of nitrogens with zero attached hydrogens (tertiary/aromatic N) is 1. The zero-order valence-electron chi connectivity index (χ0n) is 15.5. The van der Waals surface area contributed by atoms with Crippen LogP contribution in [0.25, 0.3) is 11.0 Å². The highest BCUT2D eigenvalue weighted by molar-refractivity contribution is 5.83. The van der Waals surface area contributed by atoms with Gasteiger partial charge in [0.15, 0.2) is 0 Å². The van der Waals surface area contributed by atoms with Crippen molar-refractivity contribution in [1.29, 1.82) is 0 Å². The van der Waals surface area contributed by atoms with Gasteiger partial charge < -0.3 is 10.2 Å². The van der Waals surface area contributed by atoms with Crippen LogP contribution in [0, 0.1) is 19.7 Å². The van der Waals surface area contributed by atoms with E-state index in [1.54, 1.807) is 18.0 Å². The largest absolute Gasteiger partial charge is 0.423 e. The molecule has 5 nitrogen and oxygen atoms in total. The van der Waals surface area contributed by atoms with Crippen LogP contribution in [0.4, 0.5) is 4.39 Å². The van der Waals surface area contributed by atoms with Crippen molar-refractivity contribution in [3.05, 3.63) is 81.0 Å². The highest BCUT2D eigenvalue weighted by Crippen LogP contribution is 2.26. The topological polar surface area (TPSA) is 76.5 Å². The van der Waals surface area contributed by atoms with Crippen LogP contribution in [-0.2, 0) is 11.3 Å². The molecule has 0 bridgehead atoms. The minimum Gasteiger partial charge on any atom is -0.423 e. The van der Waals surface area contributed by atoms with E-state index in [0.717, 1.165) is 22.1 Å². The van der Waals surface area contributed by atoms with E-state index >= 15 is 0 Å². The molecule has 1 heterocycles. The number of hydrogen-bond donors (Lipinski definition) is 1. The van der Waals surface area contributed by atoms with E-state index in [2.05, 4.69) is 0 Å². The molecule has 1 aromatic heterocycles. The summed E-state index contributed by atoms with van der Waals surface area (Å²) in [5.74, 6) is -1.04. The Bertz CT molecular complexity index is 1070. The molecule has 3 aromatic rings. The van der Waals surface area contributed by atoms with E-state index in [9.17, 15) is 14.0 Å². The minimum atomic E-state index is -0.824. The number of carbonyl (C=O) groups is 1. The van der Waals surface area contributed by atoms with Crippen molar-refractivity contribution in [3.63, 3.8) is 0 Å². The molecule has 0 aliphatic heterocycles. The lowest BCUT2D eigenvalue weighted by molar-refractivity contribution is -0.123. The van der Waals surface area contributed by atoms with Crippen molar-refractivity contribution in [2.24, 2.45) is 5.73 Å². The van der Waals surface area contributed by atoms with Gasteiger partial charge in [-0.25, -0.2) is 9.18 Å². The fourth-order valence-corrected chi connectivity index (χ4v) is 3.29. The quantitative estimate of drug-likeness (QED) is 0.702. The number of rotatable bonds is 5. The molecule has 1 atom stereocenters. The molecule has 1 amide bonds. The Kier molecular flexibility index (Phi) is 5.10. The first-order valence-corrected chi connectivity index (χ1v) is 8.55. The highest BCUT2D eigenvalue weighted by atomic mass is 19.1. The molecule has 0 saturated heterocycles. The maximum absolute atomic E-state index is 13.6. The number of likely N-dealkylation sites (N-methyl/N-ethyl adjacent to an activating group) is 1. The molecule has 0 aliphatic carbocycles. The third-order valence-corrected chi connectivity index (χ3v) is 4.74. The molecular formula is C21H21FN2O3. The van der Waals surface area contributed by atoms with Gasteiger partial charge in [0.05, 0.1) is 0 Å². The van der Waals surface area contributed by atoms with Gasteiger partial charge in [-0.1, -0.05) is 12.1 Å². The van der Waals surface area contributed by atoms with Crippen LogP contribution >= 0.6 is 0 Å². The Labute approximate surface area is 156 Å². The van der Waals surface area contributed by atoms with E-state index in [1.165, 1.54) is 24.3 Å². The third kappa shape index (κ3) is 3.90. The fourth-order valence-electron chi connectivity index (χ4n) is 3.29. The first-order chi connectivity index (χ1) is 12.8. The number of amides is 1. The molecule has 0 fully saturated rings. The van der Waals surface area contributed by atoms with Crippen LogP contribution in [-0.4, -0.2) is 17.9 Å². The molecular weight excluding hydrogens is 347 g/mol. The SMILES string of the molecule is Cc1cc2oc(=O)cc(CN(C)C(C(N)=O)c3cccc(F)c3)c2cc1C. The maximum atomic E-state index is 13.6. The second kappa shape index (κ2) is 7.32. The molecule has 2 aromatic carbocycles. The summed E-state index contributed by atoms with van der Waals surface area (Å²) in [5, 5.41) is 0.798. The first-order valence-electron chi connectivity index (χ1n) is 8.55. The van der Waals surface area contributed by atoms with Crippen molar-refractivity contribution in [2.45, 2.75) is 26.4 Å². The molecule has 0 spiro atoms. The smallest absolute Gasteiger partial charge is 0.336 e. The van der Waals surface area contributed by atoms with Crippen LogP contribution in [0.5, 0.6) is 0 Å². The van der Waals surface area contributed by atoms with Gasteiger partial charge in [0, 0.05) is 18.0 Å². The number of fused-ring (bicyclic) bond motifs is 1. The van der Waals surface area contributed by atoms with Gasteiger partial charge in [0.1, 0.15) is 17.4 Å². The number of primary amides is 1. The van der Waals surface area contributed by atoms with Crippen LogP contribution in [0.15, 0.2) is 51.7 Å². The number of carbonyl (C=O) groups excluding carboxylic acids is 1. The van der Waals surface area contributed by atoms with E-state index in [4.69, 9.17) is 10.2 Å². The Morgan fingerprint density at radius 2 is 1.89 bits per heavy atom. The summed E-state index contributed by atoms with van der Waals surface area (Å²) in [6, 6.07) is 10.2. The van der Waals surface area contributed by atoms with Crippen LogP contribution in [0.3, 0.4) is 0 Å². The Hall–Kier alpha value is -2.99. The van der Waals surface area contributed by atoms with Gasteiger partial charge in [-0.15, -0.1) is 0 Å². The summed E-state index contributed by atoms with van der Waals surface area (Å²) >= 11 is 0. The number of aryl methyl sites for hydroxylation is 2. The van der Waals surface area contributed by atoms with Crippen LogP contribution in [0.2, 0.25) is 0 Å². The third-order valence-electron chi connectivity index (χ3n) is 4.74. The predicted octanol–water partition coefficient (Wildman–Crippen LogP) is 3.21. The van der Waals surface area contributed by atoms with E-state index in [0.29, 0.717) is 11.1 Å². The van der Waals surface area contributed by atoms with Gasteiger partial charge in [-0.3, -0.25) is 9.69 Å². The second-order valence-corrected chi connectivity index (χ2v) is 6.80. The van der Waals surface area contributed by atoms with Crippen molar-refractivity contribution in [2.75, 3.05) is 7.05 Å². The molecule has 27 heavy (non-hydrogen) atoms. The van der Waals surface area contributed by atoms with Crippen molar-refractivity contribution < 1.29 is 13.6 Å². The van der Waals surface area contributed by atoms with E-state index in [-0.39, 0.29) is 6.54 Å². The Morgan fingerprint density at radius 3 is 2.56 bits per heavy atom. The average Bonchev–Trinajstić information content (AvgIpc) is 2.56. The van der Waals surface area contributed by atoms with Crippen LogP contribution in [0.1, 0.15) is 28.3 Å². The highest BCUT2D eigenvalue weighted by Gasteiger charge is 2.24. The molecule has 6 heteroatoms. The normalized spacial score (nSPS) is 12.5. The first kappa shape index (κ1) is 18.8. The summed E-state index contributed by atoms with van der Waals surface area (Å²) in [5.41, 5.74) is 8.88. The number of hydrogen-bond acceptors (Lipinski definition) is 4. The number of halogens is 1. The minimum absolute atomic E-state index is 0.273. The maximum Gasteiger partial charge on any atom is 0.336 e.